The smallest absolute Gasteiger partial charge is 0.263 e. The average molecular weight is 298 g/mol. The van der Waals surface area contributed by atoms with E-state index in [-0.39, 0.29) is 5.91 Å². The zero-order valence-electron chi connectivity index (χ0n) is 13.6. The van der Waals surface area contributed by atoms with E-state index in [1.807, 2.05) is 39.8 Å². The third-order valence-electron chi connectivity index (χ3n) is 3.49. The number of ether oxygens (including phenoxy) is 1. The quantitative estimate of drug-likeness (QED) is 0.844. The number of nitrogens with zero attached hydrogens (tertiary/aromatic N) is 2. The molecule has 22 heavy (non-hydrogen) atoms. The maximum atomic E-state index is 12.9. The first-order valence-corrected chi connectivity index (χ1v) is 7.55. The molecule has 0 saturated heterocycles. The minimum atomic E-state index is -0.0917. The molecule has 0 radical (unpaired) electrons. The van der Waals surface area contributed by atoms with Crippen molar-refractivity contribution in [3.63, 3.8) is 0 Å². The summed E-state index contributed by atoms with van der Waals surface area (Å²) in [4.78, 5) is 18.8. The maximum absolute atomic E-state index is 12.9. The molecule has 2 rings (SSSR count). The fourth-order valence-corrected chi connectivity index (χ4v) is 2.48. The van der Waals surface area contributed by atoms with E-state index in [9.17, 15) is 4.79 Å². The second kappa shape index (κ2) is 7.07. The molecule has 0 fully saturated rings. The number of carbonyl (C=O) groups is 1. The molecule has 0 saturated carbocycles. The first kappa shape index (κ1) is 16.0. The molecule has 1 aromatic heterocycles. The lowest BCUT2D eigenvalue weighted by Crippen LogP contribution is -2.31. The maximum Gasteiger partial charge on any atom is 0.263 e. The molecule has 116 valence electrons. The van der Waals surface area contributed by atoms with Crippen LogP contribution in [0.4, 0.5) is 5.69 Å². The molecule has 0 atom stereocenters. The van der Waals surface area contributed by atoms with Gasteiger partial charge in [0.1, 0.15) is 5.56 Å². The second-order valence-electron chi connectivity index (χ2n) is 5.13. The summed E-state index contributed by atoms with van der Waals surface area (Å²) in [7, 11) is 0. The fraction of sp³-hybridized carbons (Fsp3) is 0.333. The molecule has 2 aromatic rings. The van der Waals surface area contributed by atoms with Gasteiger partial charge in [-0.1, -0.05) is 17.7 Å². The first-order valence-electron chi connectivity index (χ1n) is 7.55. The number of pyridine rings is 1. The summed E-state index contributed by atoms with van der Waals surface area (Å²) in [6.07, 6.45) is 1.63. The van der Waals surface area contributed by atoms with Gasteiger partial charge < -0.3 is 9.64 Å². The monoisotopic (exact) mass is 298 g/mol. The van der Waals surface area contributed by atoms with Gasteiger partial charge in [0.2, 0.25) is 5.88 Å². The van der Waals surface area contributed by atoms with Gasteiger partial charge in [0, 0.05) is 18.4 Å². The molecule has 1 aromatic carbocycles. The van der Waals surface area contributed by atoms with Crippen molar-refractivity contribution in [2.75, 3.05) is 18.1 Å². The summed E-state index contributed by atoms with van der Waals surface area (Å²) >= 11 is 0. The molecule has 0 N–H and O–H groups in total. The SMILES string of the molecule is CCOc1ncccc1C(=O)N(CC)c1ccc(C)cc1C. The molecule has 4 heteroatoms. The molecular weight excluding hydrogens is 276 g/mol. The normalized spacial score (nSPS) is 10.4. The minimum absolute atomic E-state index is 0.0917. The van der Waals surface area contributed by atoms with E-state index in [2.05, 4.69) is 11.1 Å². The highest BCUT2D eigenvalue weighted by atomic mass is 16.5. The highest BCUT2D eigenvalue weighted by Crippen LogP contribution is 2.25. The summed E-state index contributed by atoms with van der Waals surface area (Å²) in [5, 5.41) is 0. The van der Waals surface area contributed by atoms with Crippen LogP contribution in [0.1, 0.15) is 35.3 Å². The van der Waals surface area contributed by atoms with Crippen molar-refractivity contribution in [3.05, 3.63) is 53.2 Å². The molecule has 1 amide bonds. The second-order valence-corrected chi connectivity index (χ2v) is 5.13. The number of anilines is 1. The van der Waals surface area contributed by atoms with Crippen LogP contribution in [0.25, 0.3) is 0 Å². The van der Waals surface area contributed by atoms with Crippen molar-refractivity contribution < 1.29 is 9.53 Å². The number of aromatic nitrogens is 1. The van der Waals surface area contributed by atoms with Crippen LogP contribution >= 0.6 is 0 Å². The van der Waals surface area contributed by atoms with Crippen LogP contribution in [-0.2, 0) is 0 Å². The fourth-order valence-electron chi connectivity index (χ4n) is 2.48. The first-order chi connectivity index (χ1) is 10.6. The summed E-state index contributed by atoms with van der Waals surface area (Å²) in [6.45, 7) is 8.98. The third kappa shape index (κ3) is 3.27. The summed E-state index contributed by atoms with van der Waals surface area (Å²) in [5.41, 5.74) is 3.67. The number of rotatable bonds is 5. The van der Waals surface area contributed by atoms with Crippen LogP contribution < -0.4 is 9.64 Å². The number of aryl methyl sites for hydroxylation is 2. The van der Waals surface area contributed by atoms with Crippen molar-refractivity contribution in [1.82, 2.24) is 4.98 Å². The zero-order chi connectivity index (χ0) is 16.1. The molecule has 0 unspecified atom stereocenters. The Labute approximate surface area is 131 Å². The number of carbonyl (C=O) groups excluding carboxylic acids is 1. The van der Waals surface area contributed by atoms with Crippen molar-refractivity contribution in [2.45, 2.75) is 27.7 Å². The summed E-state index contributed by atoms with van der Waals surface area (Å²) in [6, 6.07) is 9.60. The standard InChI is InChI=1S/C18H22N2O2/c1-5-20(16-10-9-13(3)12-14(16)4)18(21)15-8-7-11-19-17(15)22-6-2/h7-12H,5-6H2,1-4H3. The van der Waals surface area contributed by atoms with E-state index < -0.39 is 0 Å². The van der Waals surface area contributed by atoms with Crippen LogP contribution in [-0.4, -0.2) is 24.0 Å². The van der Waals surface area contributed by atoms with E-state index in [1.54, 1.807) is 23.2 Å². The van der Waals surface area contributed by atoms with Crippen LogP contribution in [0.2, 0.25) is 0 Å². The van der Waals surface area contributed by atoms with Gasteiger partial charge in [-0.15, -0.1) is 0 Å². The van der Waals surface area contributed by atoms with E-state index >= 15 is 0 Å². The predicted molar refractivity (Wildman–Crippen MR) is 88.7 cm³/mol. The Morgan fingerprint density at radius 1 is 1.23 bits per heavy atom. The predicted octanol–water partition coefficient (Wildman–Crippen LogP) is 3.76. The van der Waals surface area contributed by atoms with E-state index in [0.717, 1.165) is 11.3 Å². The van der Waals surface area contributed by atoms with E-state index in [4.69, 9.17) is 4.74 Å². The van der Waals surface area contributed by atoms with Gasteiger partial charge in [0.05, 0.1) is 6.61 Å². The number of benzene rings is 1. The molecule has 4 nitrogen and oxygen atoms in total. The Kier molecular flexibility index (Phi) is 5.15. The third-order valence-corrected chi connectivity index (χ3v) is 3.49. The van der Waals surface area contributed by atoms with Crippen LogP contribution in [0.5, 0.6) is 5.88 Å². The Hall–Kier alpha value is -2.36. The number of amides is 1. The minimum Gasteiger partial charge on any atom is -0.477 e. The lowest BCUT2D eigenvalue weighted by atomic mass is 10.1. The van der Waals surface area contributed by atoms with Crippen molar-refractivity contribution in [3.8, 4) is 5.88 Å². The largest absolute Gasteiger partial charge is 0.477 e. The summed E-state index contributed by atoms with van der Waals surface area (Å²) in [5.74, 6) is 0.296. The van der Waals surface area contributed by atoms with Crippen LogP contribution in [0.3, 0.4) is 0 Å². The Morgan fingerprint density at radius 2 is 2.00 bits per heavy atom. The number of hydrogen-bond acceptors (Lipinski definition) is 3. The van der Waals surface area contributed by atoms with Crippen LogP contribution in [0, 0.1) is 13.8 Å². The molecule has 0 bridgehead atoms. The Balaban J connectivity index is 2.41. The van der Waals surface area contributed by atoms with Gasteiger partial charge >= 0.3 is 0 Å². The van der Waals surface area contributed by atoms with E-state index in [0.29, 0.717) is 24.6 Å². The highest BCUT2D eigenvalue weighted by molar-refractivity contribution is 6.07. The highest BCUT2D eigenvalue weighted by Gasteiger charge is 2.21. The molecule has 0 aliphatic heterocycles. The number of hydrogen-bond donors (Lipinski definition) is 0. The van der Waals surface area contributed by atoms with Gasteiger partial charge in [-0.05, 0) is 51.5 Å². The Morgan fingerprint density at radius 3 is 2.64 bits per heavy atom. The topological polar surface area (TPSA) is 42.4 Å². The van der Waals surface area contributed by atoms with Crippen molar-refractivity contribution >= 4 is 11.6 Å². The summed E-state index contributed by atoms with van der Waals surface area (Å²) < 4.78 is 5.48. The lowest BCUT2D eigenvalue weighted by Gasteiger charge is -2.24. The van der Waals surface area contributed by atoms with Gasteiger partial charge in [0.15, 0.2) is 0 Å². The van der Waals surface area contributed by atoms with Gasteiger partial charge in [-0.25, -0.2) is 4.98 Å². The zero-order valence-corrected chi connectivity index (χ0v) is 13.6. The van der Waals surface area contributed by atoms with Crippen molar-refractivity contribution in [1.29, 1.82) is 0 Å². The van der Waals surface area contributed by atoms with Gasteiger partial charge in [-0.3, -0.25) is 4.79 Å². The molecule has 1 heterocycles. The molecule has 0 aliphatic rings. The average Bonchev–Trinajstić information content (AvgIpc) is 2.51. The Bertz CT molecular complexity index is 668. The van der Waals surface area contributed by atoms with Gasteiger partial charge in [-0.2, -0.15) is 0 Å². The molecule has 0 spiro atoms. The lowest BCUT2D eigenvalue weighted by molar-refractivity contribution is 0.0983. The van der Waals surface area contributed by atoms with E-state index in [1.165, 1.54) is 5.56 Å². The van der Waals surface area contributed by atoms with Crippen LogP contribution in [0.15, 0.2) is 36.5 Å². The molecular formula is C18H22N2O2. The van der Waals surface area contributed by atoms with Gasteiger partial charge in [0.25, 0.3) is 5.91 Å². The van der Waals surface area contributed by atoms with Crippen molar-refractivity contribution in [2.24, 2.45) is 0 Å². The molecule has 0 aliphatic carbocycles.